The molecule has 1 N–H and O–H groups in total. The predicted octanol–water partition coefficient (Wildman–Crippen LogP) is 2.55. The summed E-state index contributed by atoms with van der Waals surface area (Å²) in [6, 6.07) is 6.38. The van der Waals surface area contributed by atoms with Crippen LogP contribution in [-0.4, -0.2) is 68.5 Å². The Kier molecular flexibility index (Phi) is 8.42. The number of nitrogens with zero attached hydrogens (tertiary/aromatic N) is 2. The smallest absolute Gasteiger partial charge is 0.243 e. The van der Waals surface area contributed by atoms with E-state index in [2.05, 4.69) is 24.1 Å². The minimum atomic E-state index is -3.57. The molecular formula is C20H33N3O4S. The van der Waals surface area contributed by atoms with Crippen molar-refractivity contribution in [1.82, 2.24) is 9.21 Å². The van der Waals surface area contributed by atoms with E-state index < -0.39 is 10.0 Å². The third-order valence-corrected chi connectivity index (χ3v) is 6.45. The summed E-state index contributed by atoms with van der Waals surface area (Å²) >= 11 is 0. The average Bonchev–Trinajstić information content (AvgIpc) is 2.61. The summed E-state index contributed by atoms with van der Waals surface area (Å²) in [5.74, 6) is -0.0895. The highest BCUT2D eigenvalue weighted by molar-refractivity contribution is 7.89. The monoisotopic (exact) mass is 411 g/mol. The Morgan fingerprint density at radius 2 is 1.64 bits per heavy atom. The Hall–Kier alpha value is -1.48. The lowest BCUT2D eigenvalue weighted by Gasteiger charge is -2.34. The number of carbonyl (C=O) groups is 1. The van der Waals surface area contributed by atoms with Crippen LogP contribution in [0.1, 0.15) is 40.5 Å². The average molecular weight is 412 g/mol. The van der Waals surface area contributed by atoms with E-state index in [9.17, 15) is 13.2 Å². The second kappa shape index (κ2) is 10.3. The number of carbonyl (C=O) groups excluding carboxylic acids is 1. The van der Waals surface area contributed by atoms with Gasteiger partial charge in [-0.2, -0.15) is 4.31 Å². The maximum atomic E-state index is 12.9. The van der Waals surface area contributed by atoms with Crippen molar-refractivity contribution >= 4 is 21.6 Å². The number of hydrogen-bond acceptors (Lipinski definition) is 5. The summed E-state index contributed by atoms with van der Waals surface area (Å²) in [5.41, 5.74) is 0.598. The van der Waals surface area contributed by atoms with Crippen molar-refractivity contribution in [2.45, 2.75) is 57.6 Å². The highest BCUT2D eigenvalue weighted by Gasteiger charge is 2.32. The Balaban J connectivity index is 2.01. The summed E-state index contributed by atoms with van der Waals surface area (Å²) in [4.78, 5) is 14.6. The Morgan fingerprint density at radius 3 is 2.14 bits per heavy atom. The molecule has 2 unspecified atom stereocenters. The molecule has 0 saturated carbocycles. The van der Waals surface area contributed by atoms with Gasteiger partial charge in [-0.05, 0) is 64.0 Å². The van der Waals surface area contributed by atoms with Crippen LogP contribution in [0.5, 0.6) is 0 Å². The fourth-order valence-electron chi connectivity index (χ4n) is 3.49. The molecule has 1 aromatic carbocycles. The number of amides is 1. The molecule has 1 aliphatic rings. The van der Waals surface area contributed by atoms with Crippen molar-refractivity contribution in [2.24, 2.45) is 0 Å². The molecule has 1 fully saturated rings. The van der Waals surface area contributed by atoms with E-state index in [1.165, 1.54) is 4.31 Å². The molecule has 0 aliphatic carbocycles. The summed E-state index contributed by atoms with van der Waals surface area (Å²) in [6.45, 7) is 10.7. The summed E-state index contributed by atoms with van der Waals surface area (Å²) in [6.07, 6.45) is 1.73. The first kappa shape index (κ1) is 22.8. The normalized spacial score (nSPS) is 21.0. The number of anilines is 1. The molecule has 0 bridgehead atoms. The third kappa shape index (κ3) is 6.27. The van der Waals surface area contributed by atoms with Crippen LogP contribution in [0.2, 0.25) is 0 Å². The van der Waals surface area contributed by atoms with Crippen LogP contribution in [0.15, 0.2) is 29.2 Å². The molecule has 1 aliphatic heterocycles. The van der Waals surface area contributed by atoms with Crippen LogP contribution in [0.25, 0.3) is 0 Å². The molecule has 7 nitrogen and oxygen atoms in total. The standard InChI is InChI=1S/C20H33N3O4S/c1-5-11-22(12-6-2)15-20(24)21-18-7-9-19(10-8-18)28(25,26)23-13-16(3)27-17(4)14-23/h7-10,16-17H,5-6,11-15H2,1-4H3,(H,21,24). The highest BCUT2D eigenvalue weighted by Crippen LogP contribution is 2.22. The van der Waals surface area contributed by atoms with Gasteiger partial charge in [-0.15, -0.1) is 0 Å². The number of benzene rings is 1. The van der Waals surface area contributed by atoms with E-state index in [1.807, 2.05) is 13.8 Å². The fraction of sp³-hybridized carbons (Fsp3) is 0.650. The molecule has 2 atom stereocenters. The Bertz CT molecular complexity index is 720. The molecule has 1 aromatic rings. The number of ether oxygens (including phenoxy) is 1. The first-order chi connectivity index (χ1) is 13.3. The molecule has 158 valence electrons. The first-order valence-electron chi connectivity index (χ1n) is 10.0. The molecule has 1 amide bonds. The first-order valence-corrected chi connectivity index (χ1v) is 11.5. The molecule has 1 heterocycles. The third-order valence-electron chi connectivity index (χ3n) is 4.61. The van der Waals surface area contributed by atoms with Crippen LogP contribution >= 0.6 is 0 Å². The predicted molar refractivity (Wildman–Crippen MR) is 111 cm³/mol. The number of sulfonamides is 1. The molecule has 28 heavy (non-hydrogen) atoms. The second-order valence-electron chi connectivity index (χ2n) is 7.43. The quantitative estimate of drug-likeness (QED) is 0.676. The zero-order valence-corrected chi connectivity index (χ0v) is 18.2. The van der Waals surface area contributed by atoms with E-state index in [4.69, 9.17) is 4.74 Å². The summed E-state index contributed by atoms with van der Waals surface area (Å²) in [5, 5.41) is 2.85. The van der Waals surface area contributed by atoms with Crippen molar-refractivity contribution in [1.29, 1.82) is 0 Å². The summed E-state index contributed by atoms with van der Waals surface area (Å²) in [7, 11) is -3.57. The highest BCUT2D eigenvalue weighted by atomic mass is 32.2. The second-order valence-corrected chi connectivity index (χ2v) is 9.37. The molecule has 1 saturated heterocycles. The fourth-order valence-corrected chi connectivity index (χ4v) is 5.08. The van der Waals surface area contributed by atoms with Crippen molar-refractivity contribution in [2.75, 3.05) is 38.0 Å². The SMILES string of the molecule is CCCN(CCC)CC(=O)Nc1ccc(S(=O)(=O)N2CC(C)OC(C)C2)cc1. The zero-order valence-electron chi connectivity index (χ0n) is 17.3. The van der Waals surface area contributed by atoms with E-state index in [0.29, 0.717) is 25.3 Å². The van der Waals surface area contributed by atoms with Crippen molar-refractivity contribution < 1.29 is 17.9 Å². The van der Waals surface area contributed by atoms with Gasteiger partial charge in [0.2, 0.25) is 15.9 Å². The molecule has 8 heteroatoms. The van der Waals surface area contributed by atoms with Crippen LogP contribution in [0.4, 0.5) is 5.69 Å². The maximum Gasteiger partial charge on any atom is 0.243 e. The summed E-state index contributed by atoms with van der Waals surface area (Å²) < 4.78 is 32.8. The van der Waals surface area contributed by atoms with E-state index in [-0.39, 0.29) is 23.0 Å². The van der Waals surface area contributed by atoms with Gasteiger partial charge in [0.05, 0.1) is 23.6 Å². The van der Waals surface area contributed by atoms with Crippen LogP contribution < -0.4 is 5.32 Å². The molecule has 0 radical (unpaired) electrons. The van der Waals surface area contributed by atoms with Gasteiger partial charge in [0, 0.05) is 18.8 Å². The number of morpholine rings is 1. The van der Waals surface area contributed by atoms with Gasteiger partial charge in [0.25, 0.3) is 0 Å². The number of rotatable bonds is 9. The molecule has 0 spiro atoms. The van der Waals surface area contributed by atoms with Gasteiger partial charge in [0.15, 0.2) is 0 Å². The maximum absolute atomic E-state index is 12.9. The van der Waals surface area contributed by atoms with Crippen molar-refractivity contribution in [3.63, 3.8) is 0 Å². The van der Waals surface area contributed by atoms with Crippen LogP contribution in [-0.2, 0) is 19.6 Å². The lowest BCUT2D eigenvalue weighted by Crippen LogP contribution is -2.48. The van der Waals surface area contributed by atoms with E-state index in [1.54, 1.807) is 24.3 Å². The van der Waals surface area contributed by atoms with Gasteiger partial charge >= 0.3 is 0 Å². The van der Waals surface area contributed by atoms with Gasteiger partial charge < -0.3 is 10.1 Å². The Labute approximate surface area is 169 Å². The van der Waals surface area contributed by atoms with Crippen LogP contribution in [0.3, 0.4) is 0 Å². The zero-order chi connectivity index (χ0) is 20.7. The van der Waals surface area contributed by atoms with Crippen molar-refractivity contribution in [3.8, 4) is 0 Å². The molecule has 0 aromatic heterocycles. The van der Waals surface area contributed by atoms with E-state index in [0.717, 1.165) is 25.9 Å². The Morgan fingerprint density at radius 1 is 1.11 bits per heavy atom. The molecular weight excluding hydrogens is 378 g/mol. The lowest BCUT2D eigenvalue weighted by atomic mass is 10.3. The largest absolute Gasteiger partial charge is 0.373 e. The van der Waals surface area contributed by atoms with Gasteiger partial charge in [-0.3, -0.25) is 9.69 Å². The molecule has 2 rings (SSSR count). The van der Waals surface area contributed by atoms with Crippen molar-refractivity contribution in [3.05, 3.63) is 24.3 Å². The van der Waals surface area contributed by atoms with Gasteiger partial charge in [-0.1, -0.05) is 13.8 Å². The lowest BCUT2D eigenvalue weighted by molar-refractivity contribution is -0.117. The van der Waals surface area contributed by atoms with Gasteiger partial charge in [0.1, 0.15) is 0 Å². The van der Waals surface area contributed by atoms with Gasteiger partial charge in [-0.25, -0.2) is 8.42 Å². The minimum absolute atomic E-state index is 0.0895. The van der Waals surface area contributed by atoms with E-state index >= 15 is 0 Å². The topological polar surface area (TPSA) is 79.0 Å². The number of hydrogen-bond donors (Lipinski definition) is 1. The number of nitrogens with one attached hydrogen (secondary N) is 1. The minimum Gasteiger partial charge on any atom is -0.373 e. The van der Waals surface area contributed by atoms with Crippen LogP contribution in [0, 0.1) is 0 Å².